The van der Waals surface area contributed by atoms with Crippen LogP contribution in [0.2, 0.25) is 0 Å². The lowest BCUT2D eigenvalue weighted by atomic mass is 9.49. The lowest BCUT2D eigenvalue weighted by Gasteiger charge is -2.54. The summed E-state index contributed by atoms with van der Waals surface area (Å²) in [6, 6.07) is 0. The summed E-state index contributed by atoms with van der Waals surface area (Å²) in [6.07, 6.45) is 6.73. The van der Waals surface area contributed by atoms with Crippen LogP contribution in [0.25, 0.3) is 0 Å². The predicted octanol–water partition coefficient (Wildman–Crippen LogP) is 2.51. The first-order chi connectivity index (χ1) is 11.7. The van der Waals surface area contributed by atoms with Crippen molar-refractivity contribution < 1.29 is 19.8 Å². The molecule has 0 radical (unpaired) electrons. The normalized spacial score (nSPS) is 45.6. The first-order valence-electron chi connectivity index (χ1n) is 9.21. The van der Waals surface area contributed by atoms with Gasteiger partial charge in [0.15, 0.2) is 5.78 Å². The molecule has 0 spiro atoms. The molecule has 25 heavy (non-hydrogen) atoms. The van der Waals surface area contributed by atoms with Crippen LogP contribution in [0.1, 0.15) is 46.5 Å². The summed E-state index contributed by atoms with van der Waals surface area (Å²) in [5.41, 5.74) is 2.09. The van der Waals surface area contributed by atoms with Crippen LogP contribution < -0.4 is 0 Å². The molecule has 6 atom stereocenters. The number of aliphatic hydroxyl groups is 2. The van der Waals surface area contributed by atoms with Crippen LogP contribution in [0, 0.1) is 22.7 Å². The van der Waals surface area contributed by atoms with Crippen LogP contribution in [-0.4, -0.2) is 34.0 Å². The van der Waals surface area contributed by atoms with Gasteiger partial charge in [0.25, 0.3) is 0 Å². The van der Waals surface area contributed by atoms with Gasteiger partial charge >= 0.3 is 0 Å². The first-order valence-corrected chi connectivity index (χ1v) is 9.21. The smallest absolute Gasteiger partial charge is 0.156 e. The minimum atomic E-state index is -0.819. The van der Waals surface area contributed by atoms with E-state index in [1.807, 2.05) is 13.0 Å². The van der Waals surface area contributed by atoms with Crippen LogP contribution in [0.4, 0.5) is 0 Å². The van der Waals surface area contributed by atoms with Crippen LogP contribution >= 0.6 is 0 Å². The molecule has 0 bridgehead atoms. The van der Waals surface area contributed by atoms with Gasteiger partial charge in [-0.1, -0.05) is 36.3 Å². The molecule has 0 aromatic heterocycles. The quantitative estimate of drug-likeness (QED) is 0.718. The second-order valence-electron chi connectivity index (χ2n) is 8.62. The Balaban J connectivity index is 1.79. The van der Waals surface area contributed by atoms with Crippen LogP contribution in [0.15, 0.2) is 34.9 Å². The maximum absolute atomic E-state index is 13.2. The van der Waals surface area contributed by atoms with Crippen molar-refractivity contribution in [2.24, 2.45) is 22.7 Å². The molecule has 0 amide bonds. The van der Waals surface area contributed by atoms with Gasteiger partial charge in [-0.3, -0.25) is 9.59 Å². The third kappa shape index (κ3) is 2.07. The SMILES string of the molecule is CC(=O)C1=CC[C@H]2C3=CCC4=C[C@H](O)[C@@H](O)C[C@]4(C)[C@H]3CC(=O)[C@]12C. The van der Waals surface area contributed by atoms with Gasteiger partial charge in [0, 0.05) is 17.9 Å². The highest BCUT2D eigenvalue weighted by molar-refractivity contribution is 6.05. The zero-order valence-corrected chi connectivity index (χ0v) is 15.1. The number of allylic oxidation sites excluding steroid dienone is 5. The fraction of sp³-hybridized carbons (Fsp3) is 0.619. The highest BCUT2D eigenvalue weighted by atomic mass is 16.3. The molecule has 1 saturated carbocycles. The molecule has 2 N–H and O–H groups in total. The maximum Gasteiger partial charge on any atom is 0.156 e. The monoisotopic (exact) mass is 342 g/mol. The van der Waals surface area contributed by atoms with E-state index in [-0.39, 0.29) is 28.8 Å². The van der Waals surface area contributed by atoms with E-state index in [1.54, 1.807) is 13.0 Å². The second-order valence-corrected chi connectivity index (χ2v) is 8.62. The summed E-state index contributed by atoms with van der Waals surface area (Å²) in [6.45, 7) is 5.61. The van der Waals surface area contributed by atoms with E-state index in [9.17, 15) is 19.8 Å². The Labute approximate surface area is 148 Å². The van der Waals surface area contributed by atoms with Crippen molar-refractivity contribution in [1.82, 2.24) is 0 Å². The number of aliphatic hydroxyl groups excluding tert-OH is 2. The highest BCUT2D eigenvalue weighted by Crippen LogP contribution is 2.62. The molecule has 4 heteroatoms. The number of Topliss-reactive ketones (excluding diaryl/α,β-unsaturated/α-hetero) is 2. The van der Waals surface area contributed by atoms with E-state index in [0.717, 1.165) is 18.4 Å². The Morgan fingerprint density at radius 2 is 1.92 bits per heavy atom. The minimum absolute atomic E-state index is 0.00350. The van der Waals surface area contributed by atoms with E-state index in [2.05, 4.69) is 13.0 Å². The van der Waals surface area contributed by atoms with Gasteiger partial charge < -0.3 is 10.2 Å². The number of ketones is 2. The third-order valence-electron chi connectivity index (χ3n) is 7.43. The fourth-order valence-electron chi connectivity index (χ4n) is 5.92. The molecule has 0 aliphatic heterocycles. The first kappa shape index (κ1) is 16.9. The van der Waals surface area contributed by atoms with Crippen LogP contribution in [0.5, 0.6) is 0 Å². The molecular weight excluding hydrogens is 316 g/mol. The van der Waals surface area contributed by atoms with Gasteiger partial charge in [-0.25, -0.2) is 0 Å². The molecule has 134 valence electrons. The molecule has 0 aromatic carbocycles. The fourth-order valence-corrected chi connectivity index (χ4v) is 5.92. The number of fused-ring (bicyclic) bond motifs is 5. The van der Waals surface area contributed by atoms with Crippen molar-refractivity contribution in [3.05, 3.63) is 34.9 Å². The zero-order chi connectivity index (χ0) is 18.1. The van der Waals surface area contributed by atoms with Gasteiger partial charge in [-0.05, 0) is 44.4 Å². The largest absolute Gasteiger partial charge is 0.390 e. The van der Waals surface area contributed by atoms with E-state index >= 15 is 0 Å². The third-order valence-corrected chi connectivity index (χ3v) is 7.43. The average Bonchev–Trinajstić information content (AvgIpc) is 2.89. The molecule has 0 heterocycles. The number of hydrogen-bond acceptors (Lipinski definition) is 4. The molecule has 0 saturated heterocycles. The minimum Gasteiger partial charge on any atom is -0.390 e. The number of carbonyl (C=O) groups is 2. The van der Waals surface area contributed by atoms with Crippen molar-refractivity contribution in [1.29, 1.82) is 0 Å². The lowest BCUT2D eigenvalue weighted by Crippen LogP contribution is -2.52. The van der Waals surface area contributed by atoms with Gasteiger partial charge in [0.2, 0.25) is 0 Å². The van der Waals surface area contributed by atoms with Crippen LogP contribution in [0.3, 0.4) is 0 Å². The summed E-state index contributed by atoms with van der Waals surface area (Å²) in [5, 5.41) is 20.2. The van der Waals surface area contributed by atoms with Crippen molar-refractivity contribution in [2.45, 2.75) is 58.7 Å². The molecule has 0 aromatic rings. The Hall–Kier alpha value is -1.52. The summed E-state index contributed by atoms with van der Waals surface area (Å²) >= 11 is 0. The Bertz CT molecular complexity index is 758. The Morgan fingerprint density at radius 1 is 1.20 bits per heavy atom. The summed E-state index contributed by atoms with van der Waals surface area (Å²) in [4.78, 5) is 25.3. The number of carbonyl (C=O) groups excluding carboxylic acids is 2. The molecule has 4 rings (SSSR count). The standard InChI is InChI=1S/C21H26O4/c1-11(22)14-6-7-15-13-5-4-12-8-17(23)18(24)10-20(12,2)16(13)9-19(25)21(14,15)3/h5-6,8,15-18,23-24H,4,7,9-10H2,1-3H3/t15-,16-,17-,18-,20-,21+/m0/s1. The Kier molecular flexibility index (Phi) is 3.55. The molecule has 1 fully saturated rings. The van der Waals surface area contributed by atoms with Crippen molar-refractivity contribution in [3.63, 3.8) is 0 Å². The van der Waals surface area contributed by atoms with Gasteiger partial charge in [0.05, 0.1) is 17.6 Å². The number of hydrogen-bond donors (Lipinski definition) is 2. The van der Waals surface area contributed by atoms with Gasteiger partial charge in [-0.2, -0.15) is 0 Å². The molecular formula is C21H26O4. The molecule has 4 aliphatic rings. The van der Waals surface area contributed by atoms with Crippen molar-refractivity contribution in [2.75, 3.05) is 0 Å². The summed E-state index contributed by atoms with van der Waals surface area (Å²) < 4.78 is 0. The van der Waals surface area contributed by atoms with Gasteiger partial charge in [-0.15, -0.1) is 0 Å². The molecule has 0 unspecified atom stereocenters. The lowest BCUT2D eigenvalue weighted by molar-refractivity contribution is -0.134. The van der Waals surface area contributed by atoms with E-state index in [1.165, 1.54) is 5.57 Å². The van der Waals surface area contributed by atoms with Crippen molar-refractivity contribution >= 4 is 11.6 Å². The summed E-state index contributed by atoms with van der Waals surface area (Å²) in [5.74, 6) is 0.248. The predicted molar refractivity (Wildman–Crippen MR) is 93.6 cm³/mol. The molecule has 4 aliphatic carbocycles. The van der Waals surface area contributed by atoms with E-state index in [4.69, 9.17) is 0 Å². The number of rotatable bonds is 1. The topological polar surface area (TPSA) is 74.6 Å². The Morgan fingerprint density at radius 3 is 2.60 bits per heavy atom. The van der Waals surface area contributed by atoms with Crippen LogP contribution in [-0.2, 0) is 9.59 Å². The second kappa shape index (κ2) is 5.24. The average molecular weight is 342 g/mol. The van der Waals surface area contributed by atoms with Crippen molar-refractivity contribution in [3.8, 4) is 0 Å². The van der Waals surface area contributed by atoms with E-state index in [0.29, 0.717) is 18.4 Å². The maximum atomic E-state index is 13.2. The highest BCUT2D eigenvalue weighted by Gasteiger charge is 2.59. The molecule has 4 nitrogen and oxygen atoms in total. The van der Waals surface area contributed by atoms with E-state index < -0.39 is 17.6 Å². The summed E-state index contributed by atoms with van der Waals surface area (Å²) in [7, 11) is 0. The van der Waals surface area contributed by atoms with Gasteiger partial charge in [0.1, 0.15) is 5.78 Å². The zero-order valence-electron chi connectivity index (χ0n) is 15.1.